The lowest BCUT2D eigenvalue weighted by Crippen LogP contribution is -1.86. The van der Waals surface area contributed by atoms with Crippen molar-refractivity contribution in [3.63, 3.8) is 0 Å². The third kappa shape index (κ3) is 1.00. The van der Waals surface area contributed by atoms with E-state index in [0.717, 1.165) is 0 Å². The Bertz CT molecular complexity index is 199. The van der Waals surface area contributed by atoms with Crippen LogP contribution in [0.2, 0.25) is 0 Å². The molecule has 0 radical (unpaired) electrons. The van der Waals surface area contributed by atoms with Gasteiger partial charge >= 0.3 is 0 Å². The topological polar surface area (TPSA) is 70.1 Å². The third-order valence-electron chi connectivity index (χ3n) is 0.783. The highest BCUT2D eigenvalue weighted by molar-refractivity contribution is 7.99. The summed E-state index contributed by atoms with van der Waals surface area (Å²) in [6.45, 7) is -0.132. The predicted molar refractivity (Wildman–Crippen MR) is 28.6 cm³/mol. The summed E-state index contributed by atoms with van der Waals surface area (Å²) in [5.41, 5.74) is 0. The van der Waals surface area contributed by atoms with Crippen LogP contribution in [0.3, 0.4) is 0 Å². The molecule has 1 rings (SSSR count). The van der Waals surface area contributed by atoms with Gasteiger partial charge < -0.3 is 5.11 Å². The second-order valence-corrected chi connectivity index (χ2v) is 2.98. The highest BCUT2D eigenvalue weighted by Gasteiger charge is 2.29. The molecule has 1 aliphatic heterocycles. The average Bonchev–Trinajstić information content (AvgIpc) is 2.15. The Labute approximate surface area is 47.1 Å². The Balaban J connectivity index is 2.55. The quantitative estimate of drug-likeness (QED) is 0.490. The summed E-state index contributed by atoms with van der Waals surface area (Å²) in [5, 5.41) is 8.28. The highest BCUT2D eigenvalue weighted by atomic mass is 32.3. The molecule has 0 fully saturated rings. The number of aliphatic hydroxyl groups excluding tert-OH is 1. The molecule has 0 aromatic rings. The van der Waals surface area contributed by atoms with Crippen LogP contribution in [0.1, 0.15) is 6.42 Å². The molecule has 1 aliphatic rings. The minimum Gasteiger partial charge on any atom is -0.396 e. The van der Waals surface area contributed by atoms with Crippen LogP contribution in [0.15, 0.2) is 0 Å². The molecule has 0 aromatic heterocycles. The standard InChI is InChI=1S/C3H6O4S/c4-2-1-3-7-8(3,5)6/h4H,1-2H2,(H,5,6). The number of hydrogen-bond donors (Lipinski definition) is 2. The van der Waals surface area contributed by atoms with E-state index in [9.17, 15) is 4.21 Å². The minimum absolute atomic E-state index is 0.111. The maximum Gasteiger partial charge on any atom is 0.235 e. The molecular formula is C3H6O4S. The van der Waals surface area contributed by atoms with Gasteiger partial charge in [-0.15, -0.1) is 0 Å². The first-order valence-electron chi connectivity index (χ1n) is 2.09. The van der Waals surface area contributed by atoms with Crippen molar-refractivity contribution < 1.29 is 18.1 Å². The van der Waals surface area contributed by atoms with Gasteiger partial charge in [0.05, 0.1) is 0 Å². The van der Waals surface area contributed by atoms with Gasteiger partial charge in [0.25, 0.3) is 0 Å². The van der Waals surface area contributed by atoms with Gasteiger partial charge in [-0.3, -0.25) is 4.55 Å². The van der Waals surface area contributed by atoms with Crippen molar-refractivity contribution in [3.05, 3.63) is 0 Å². The molecular weight excluding hydrogens is 132 g/mol. The van der Waals surface area contributed by atoms with E-state index in [-0.39, 0.29) is 18.1 Å². The van der Waals surface area contributed by atoms with Gasteiger partial charge in [-0.1, -0.05) is 0 Å². The van der Waals surface area contributed by atoms with Gasteiger partial charge in [0.1, 0.15) is 0 Å². The first-order chi connectivity index (χ1) is 3.67. The van der Waals surface area contributed by atoms with Gasteiger partial charge in [-0.2, -0.15) is 0 Å². The van der Waals surface area contributed by atoms with Gasteiger partial charge in [-0.25, -0.2) is 8.39 Å². The SMILES string of the molecule is O=S1(O)=C(CCO)O1. The van der Waals surface area contributed by atoms with E-state index in [2.05, 4.69) is 4.18 Å². The lowest BCUT2D eigenvalue weighted by atomic mass is 10.5. The first kappa shape index (κ1) is 6.03. The molecule has 0 amide bonds. The number of rotatable bonds is 2. The Morgan fingerprint density at radius 2 is 2.25 bits per heavy atom. The summed E-state index contributed by atoms with van der Waals surface area (Å²) in [5.74, 6) is 0. The maximum atomic E-state index is 10.2. The van der Waals surface area contributed by atoms with Crippen LogP contribution in [0.4, 0.5) is 0 Å². The average molecular weight is 138 g/mol. The molecule has 0 bridgehead atoms. The summed E-state index contributed by atoms with van der Waals surface area (Å²) < 4.78 is 22.8. The van der Waals surface area contributed by atoms with Crippen LogP contribution < -0.4 is 0 Å². The zero-order chi connectivity index (χ0) is 6.20. The minimum atomic E-state index is -3.01. The Kier molecular flexibility index (Phi) is 1.28. The predicted octanol–water partition coefficient (Wildman–Crippen LogP) is -0.799. The summed E-state index contributed by atoms with van der Waals surface area (Å²) in [6, 6.07) is 0. The van der Waals surface area contributed by atoms with Crippen LogP contribution in [-0.4, -0.2) is 25.5 Å². The number of aliphatic hydroxyl groups is 1. The van der Waals surface area contributed by atoms with E-state index < -0.39 is 10.1 Å². The molecule has 1 heterocycles. The number of hydrogen-bond acceptors (Lipinski definition) is 3. The zero-order valence-corrected chi connectivity index (χ0v) is 4.85. The Morgan fingerprint density at radius 3 is 2.38 bits per heavy atom. The van der Waals surface area contributed by atoms with Crippen LogP contribution in [0, 0.1) is 0 Å². The van der Waals surface area contributed by atoms with E-state index in [4.69, 9.17) is 9.66 Å². The molecule has 0 aromatic carbocycles. The Hall–Kier alpha value is -0.100. The van der Waals surface area contributed by atoms with Crippen molar-refractivity contribution in [2.24, 2.45) is 0 Å². The zero-order valence-electron chi connectivity index (χ0n) is 4.03. The monoisotopic (exact) mass is 138 g/mol. The van der Waals surface area contributed by atoms with Gasteiger partial charge in [0, 0.05) is 13.0 Å². The molecule has 0 saturated carbocycles. The van der Waals surface area contributed by atoms with Crippen LogP contribution in [0.25, 0.3) is 0 Å². The van der Waals surface area contributed by atoms with Crippen LogP contribution >= 0.6 is 0 Å². The second-order valence-electron chi connectivity index (χ2n) is 1.40. The van der Waals surface area contributed by atoms with Gasteiger partial charge in [0.2, 0.25) is 10.1 Å². The van der Waals surface area contributed by atoms with Crippen molar-refractivity contribution in [2.75, 3.05) is 6.61 Å². The summed E-state index contributed by atoms with van der Waals surface area (Å²) in [7, 11) is -3.01. The normalized spacial score (nSPS) is 35.5. The first-order valence-corrected chi connectivity index (χ1v) is 3.53. The smallest absolute Gasteiger partial charge is 0.235 e. The van der Waals surface area contributed by atoms with Crippen molar-refractivity contribution in [1.82, 2.24) is 0 Å². The van der Waals surface area contributed by atoms with Crippen molar-refractivity contribution in [3.8, 4) is 0 Å². The molecule has 5 heteroatoms. The molecule has 2 N–H and O–H groups in total. The third-order valence-corrected chi connectivity index (χ3v) is 1.92. The van der Waals surface area contributed by atoms with Gasteiger partial charge in [0.15, 0.2) is 5.05 Å². The fraction of sp³-hybridized carbons (Fsp3) is 0.667. The van der Waals surface area contributed by atoms with E-state index in [1.807, 2.05) is 0 Å². The molecule has 0 spiro atoms. The second kappa shape index (κ2) is 1.70. The molecule has 0 aliphatic carbocycles. The molecule has 1 unspecified atom stereocenters. The lowest BCUT2D eigenvalue weighted by Gasteiger charge is -1.73. The van der Waals surface area contributed by atoms with Crippen molar-refractivity contribution in [2.45, 2.75) is 6.42 Å². The molecule has 8 heavy (non-hydrogen) atoms. The summed E-state index contributed by atoms with van der Waals surface area (Å²) in [4.78, 5) is 0. The van der Waals surface area contributed by atoms with Crippen LogP contribution in [-0.2, 0) is 14.3 Å². The molecule has 0 saturated heterocycles. The highest BCUT2D eigenvalue weighted by Crippen LogP contribution is 2.13. The van der Waals surface area contributed by atoms with E-state index in [0.29, 0.717) is 0 Å². The van der Waals surface area contributed by atoms with Gasteiger partial charge in [-0.05, 0) is 0 Å². The fourth-order valence-corrected chi connectivity index (χ4v) is 1.20. The fourth-order valence-electron chi connectivity index (χ4n) is 0.371. The summed E-state index contributed by atoms with van der Waals surface area (Å²) in [6.07, 6.45) is 0.176. The molecule has 1 atom stereocenters. The van der Waals surface area contributed by atoms with Crippen molar-refractivity contribution in [1.29, 1.82) is 0 Å². The van der Waals surface area contributed by atoms with Crippen molar-refractivity contribution >= 4 is 15.1 Å². The van der Waals surface area contributed by atoms with E-state index in [1.54, 1.807) is 0 Å². The van der Waals surface area contributed by atoms with E-state index in [1.165, 1.54) is 0 Å². The largest absolute Gasteiger partial charge is 0.396 e. The maximum absolute atomic E-state index is 10.2. The van der Waals surface area contributed by atoms with E-state index >= 15 is 0 Å². The molecule has 48 valence electrons. The summed E-state index contributed by atoms with van der Waals surface area (Å²) >= 11 is 0. The molecule has 4 nitrogen and oxygen atoms in total. The Morgan fingerprint density at radius 1 is 1.75 bits per heavy atom. The van der Waals surface area contributed by atoms with Crippen LogP contribution in [0.5, 0.6) is 0 Å². The lowest BCUT2D eigenvalue weighted by molar-refractivity contribution is 0.304.